The zero-order valence-corrected chi connectivity index (χ0v) is 14.5. The van der Waals surface area contributed by atoms with Crippen LogP contribution in [0, 0.1) is 5.82 Å². The van der Waals surface area contributed by atoms with E-state index in [2.05, 4.69) is 15.1 Å². The number of likely N-dealkylation sites (tertiary alicyclic amines) is 1. The second-order valence-electron chi connectivity index (χ2n) is 6.91. The van der Waals surface area contributed by atoms with Crippen molar-refractivity contribution in [1.82, 2.24) is 15.1 Å². The van der Waals surface area contributed by atoms with E-state index >= 15 is 0 Å². The molecule has 1 aromatic heterocycles. The number of H-pyrrole nitrogens is 1. The maximum atomic E-state index is 13.6. The van der Waals surface area contributed by atoms with Gasteiger partial charge in [0.1, 0.15) is 11.6 Å². The number of para-hydroxylation sites is 1. The Morgan fingerprint density at radius 2 is 2.08 bits per heavy atom. The number of aromatic hydroxyl groups is 1. The lowest BCUT2D eigenvalue weighted by Crippen LogP contribution is -2.34. The first-order chi connectivity index (χ1) is 12.7. The maximum Gasteiger partial charge on any atom is 0.123 e. The highest BCUT2D eigenvalue weighted by Crippen LogP contribution is 2.34. The maximum absolute atomic E-state index is 13.6. The minimum Gasteiger partial charge on any atom is -0.508 e. The van der Waals surface area contributed by atoms with Gasteiger partial charge in [-0.15, -0.1) is 0 Å². The summed E-state index contributed by atoms with van der Waals surface area (Å²) in [7, 11) is 0. The molecule has 26 heavy (non-hydrogen) atoms. The van der Waals surface area contributed by atoms with Crippen LogP contribution in [0.1, 0.15) is 30.0 Å². The fourth-order valence-electron chi connectivity index (χ4n) is 3.81. The Labute approximate surface area is 152 Å². The Morgan fingerprint density at radius 3 is 2.92 bits per heavy atom. The van der Waals surface area contributed by atoms with E-state index in [-0.39, 0.29) is 5.82 Å². The first kappa shape index (κ1) is 16.8. The van der Waals surface area contributed by atoms with Crippen molar-refractivity contribution >= 4 is 0 Å². The number of nitrogens with zero attached hydrogens (tertiary/aromatic N) is 2. The third-order valence-corrected chi connectivity index (χ3v) is 5.10. The van der Waals surface area contributed by atoms with Crippen LogP contribution in [0.15, 0.2) is 54.7 Å². The molecule has 0 spiro atoms. The fraction of sp³-hybridized carbons (Fsp3) is 0.286. The number of rotatable bonds is 4. The standard InChI is InChI=1S/C21H22FN3O/c22-18-8-3-6-15(11-18)19-12-23-24-21(19)17-7-4-10-25(14-17)13-16-5-1-2-9-20(16)26/h1-3,5-6,8-9,11-12,17,26H,4,7,10,13-14H2,(H,23,24)/t17-/m0/s1. The molecule has 1 atom stereocenters. The highest BCUT2D eigenvalue weighted by molar-refractivity contribution is 5.65. The van der Waals surface area contributed by atoms with Gasteiger partial charge in [0, 0.05) is 35.8 Å². The van der Waals surface area contributed by atoms with E-state index in [9.17, 15) is 9.50 Å². The minimum absolute atomic E-state index is 0.237. The lowest BCUT2D eigenvalue weighted by Gasteiger charge is -2.32. The molecule has 0 aliphatic carbocycles. The van der Waals surface area contributed by atoms with Crippen LogP contribution in [-0.2, 0) is 6.54 Å². The summed E-state index contributed by atoms with van der Waals surface area (Å²) in [5, 5.41) is 17.4. The summed E-state index contributed by atoms with van der Waals surface area (Å²) in [6, 6.07) is 14.1. The molecule has 0 unspecified atom stereocenters. The number of phenols is 1. The zero-order valence-electron chi connectivity index (χ0n) is 14.5. The number of hydrogen-bond donors (Lipinski definition) is 2. The van der Waals surface area contributed by atoms with Gasteiger partial charge in [0.15, 0.2) is 0 Å². The van der Waals surface area contributed by atoms with Gasteiger partial charge in [0.25, 0.3) is 0 Å². The lowest BCUT2D eigenvalue weighted by molar-refractivity contribution is 0.197. The average Bonchev–Trinajstić information content (AvgIpc) is 3.14. The molecule has 1 fully saturated rings. The monoisotopic (exact) mass is 351 g/mol. The number of phenolic OH excluding ortho intramolecular Hbond substituents is 1. The van der Waals surface area contributed by atoms with Crippen molar-refractivity contribution in [3.8, 4) is 16.9 Å². The van der Waals surface area contributed by atoms with Crippen LogP contribution in [0.3, 0.4) is 0 Å². The molecule has 2 aromatic carbocycles. The van der Waals surface area contributed by atoms with Gasteiger partial charge in [-0.2, -0.15) is 5.10 Å². The second kappa shape index (κ2) is 7.30. The molecule has 1 aliphatic heterocycles. The molecule has 0 amide bonds. The number of hydrogen-bond acceptors (Lipinski definition) is 3. The molecular weight excluding hydrogens is 329 g/mol. The minimum atomic E-state index is -0.237. The van der Waals surface area contributed by atoms with Crippen molar-refractivity contribution in [2.24, 2.45) is 0 Å². The number of aromatic amines is 1. The zero-order chi connectivity index (χ0) is 17.9. The van der Waals surface area contributed by atoms with Crippen LogP contribution in [0.2, 0.25) is 0 Å². The van der Waals surface area contributed by atoms with Gasteiger partial charge in [0.2, 0.25) is 0 Å². The summed E-state index contributed by atoms with van der Waals surface area (Å²) in [4.78, 5) is 2.36. The van der Waals surface area contributed by atoms with Crippen LogP contribution < -0.4 is 0 Å². The number of aromatic nitrogens is 2. The Hall–Kier alpha value is -2.66. The largest absolute Gasteiger partial charge is 0.508 e. The van der Waals surface area contributed by atoms with Crippen molar-refractivity contribution in [3.63, 3.8) is 0 Å². The molecular formula is C21H22FN3O. The highest BCUT2D eigenvalue weighted by atomic mass is 19.1. The summed E-state index contributed by atoms with van der Waals surface area (Å²) in [5.74, 6) is 0.423. The lowest BCUT2D eigenvalue weighted by atomic mass is 9.90. The summed E-state index contributed by atoms with van der Waals surface area (Å²) >= 11 is 0. The molecule has 1 saturated heterocycles. The third kappa shape index (κ3) is 3.48. The van der Waals surface area contributed by atoms with Crippen LogP contribution >= 0.6 is 0 Å². The molecule has 0 radical (unpaired) electrons. The van der Waals surface area contributed by atoms with Gasteiger partial charge >= 0.3 is 0 Å². The predicted octanol–water partition coefficient (Wildman–Crippen LogP) is 4.30. The van der Waals surface area contributed by atoms with Crippen molar-refractivity contribution in [3.05, 3.63) is 71.8 Å². The number of piperidine rings is 1. The van der Waals surface area contributed by atoms with E-state index < -0.39 is 0 Å². The van der Waals surface area contributed by atoms with Crippen molar-refractivity contribution < 1.29 is 9.50 Å². The molecule has 134 valence electrons. The Kier molecular flexibility index (Phi) is 4.71. The molecule has 2 N–H and O–H groups in total. The molecule has 3 aromatic rings. The Morgan fingerprint density at radius 1 is 1.19 bits per heavy atom. The quantitative estimate of drug-likeness (QED) is 0.737. The van der Waals surface area contributed by atoms with Crippen LogP contribution in [0.4, 0.5) is 4.39 Å². The summed E-state index contributed by atoms with van der Waals surface area (Å²) in [6.07, 6.45) is 3.94. The first-order valence-electron chi connectivity index (χ1n) is 8.99. The van der Waals surface area contributed by atoms with E-state index in [1.165, 1.54) is 6.07 Å². The van der Waals surface area contributed by atoms with Gasteiger partial charge in [0.05, 0.1) is 6.20 Å². The Bertz CT molecular complexity index is 892. The van der Waals surface area contributed by atoms with Crippen molar-refractivity contribution in [2.45, 2.75) is 25.3 Å². The van der Waals surface area contributed by atoms with E-state index in [4.69, 9.17) is 0 Å². The molecule has 0 saturated carbocycles. The van der Waals surface area contributed by atoms with E-state index in [0.29, 0.717) is 11.7 Å². The predicted molar refractivity (Wildman–Crippen MR) is 99.3 cm³/mol. The topological polar surface area (TPSA) is 52.1 Å². The van der Waals surface area contributed by atoms with Crippen molar-refractivity contribution in [2.75, 3.05) is 13.1 Å². The molecule has 1 aliphatic rings. The number of nitrogens with one attached hydrogen (secondary N) is 1. The summed E-state index contributed by atoms with van der Waals surface area (Å²) < 4.78 is 13.6. The molecule has 4 nitrogen and oxygen atoms in total. The fourth-order valence-corrected chi connectivity index (χ4v) is 3.81. The van der Waals surface area contributed by atoms with E-state index in [0.717, 1.165) is 54.9 Å². The SMILES string of the molecule is Oc1ccccc1CN1CCC[C@H](c2[nH]ncc2-c2cccc(F)c2)C1. The molecule has 2 heterocycles. The van der Waals surface area contributed by atoms with Crippen molar-refractivity contribution in [1.29, 1.82) is 0 Å². The van der Waals surface area contributed by atoms with Gasteiger partial charge < -0.3 is 5.11 Å². The van der Waals surface area contributed by atoms with Crippen LogP contribution in [-0.4, -0.2) is 33.3 Å². The van der Waals surface area contributed by atoms with Gasteiger partial charge in [-0.25, -0.2) is 4.39 Å². The Balaban J connectivity index is 1.54. The number of halogens is 1. The third-order valence-electron chi connectivity index (χ3n) is 5.10. The van der Waals surface area contributed by atoms with Gasteiger partial charge in [-0.3, -0.25) is 10.00 Å². The molecule has 0 bridgehead atoms. The van der Waals surface area contributed by atoms with Crippen LogP contribution in [0.5, 0.6) is 5.75 Å². The summed E-state index contributed by atoms with van der Waals surface area (Å²) in [6.45, 7) is 2.62. The first-order valence-corrected chi connectivity index (χ1v) is 8.99. The van der Waals surface area contributed by atoms with Gasteiger partial charge in [-0.05, 0) is 43.1 Å². The number of benzene rings is 2. The van der Waals surface area contributed by atoms with Gasteiger partial charge in [-0.1, -0.05) is 30.3 Å². The average molecular weight is 351 g/mol. The molecule has 5 heteroatoms. The van der Waals surface area contributed by atoms with E-state index in [1.54, 1.807) is 24.4 Å². The normalized spacial score (nSPS) is 18.1. The molecule has 4 rings (SSSR count). The highest BCUT2D eigenvalue weighted by Gasteiger charge is 2.25. The second-order valence-corrected chi connectivity index (χ2v) is 6.91. The van der Waals surface area contributed by atoms with Crippen LogP contribution in [0.25, 0.3) is 11.1 Å². The summed E-state index contributed by atoms with van der Waals surface area (Å²) in [5.41, 5.74) is 3.84. The smallest absolute Gasteiger partial charge is 0.123 e. The van der Waals surface area contributed by atoms with E-state index in [1.807, 2.05) is 24.3 Å².